The third-order valence-corrected chi connectivity index (χ3v) is 4.36. The van der Waals surface area contributed by atoms with Crippen molar-refractivity contribution in [2.75, 3.05) is 13.1 Å². The van der Waals surface area contributed by atoms with Crippen LogP contribution in [-0.2, 0) is 6.42 Å². The molecule has 3 rings (SSSR count). The molecule has 0 saturated carbocycles. The number of aromatic nitrogens is 2. The van der Waals surface area contributed by atoms with Crippen LogP contribution in [0.4, 0.5) is 4.79 Å². The lowest BCUT2D eigenvalue weighted by atomic mass is 10.00. The number of likely N-dealkylation sites (tertiary alicyclic amines) is 1. The van der Waals surface area contributed by atoms with Gasteiger partial charge in [0.15, 0.2) is 5.82 Å². The molecule has 0 radical (unpaired) electrons. The highest BCUT2D eigenvalue weighted by Crippen LogP contribution is 2.40. The van der Waals surface area contributed by atoms with E-state index in [2.05, 4.69) is 16.0 Å². The zero-order chi connectivity index (χ0) is 15.9. The summed E-state index contributed by atoms with van der Waals surface area (Å²) in [4.78, 5) is 21.6. The van der Waals surface area contributed by atoms with Gasteiger partial charge in [-0.3, -0.25) is 0 Å². The lowest BCUT2D eigenvalue weighted by Crippen LogP contribution is -2.27. The van der Waals surface area contributed by atoms with Crippen molar-refractivity contribution in [1.29, 1.82) is 0 Å². The van der Waals surface area contributed by atoms with E-state index in [0.717, 1.165) is 29.2 Å². The fourth-order valence-corrected chi connectivity index (χ4v) is 3.42. The normalized spacial score (nSPS) is 25.0. The molecule has 2 heterocycles. The summed E-state index contributed by atoms with van der Waals surface area (Å²) in [6, 6.07) is 1.90. The maximum Gasteiger partial charge on any atom is 0.407 e. The zero-order valence-electron chi connectivity index (χ0n) is 12.9. The molecule has 3 unspecified atom stereocenters. The van der Waals surface area contributed by atoms with Gasteiger partial charge in [0, 0.05) is 36.8 Å². The fourth-order valence-electron chi connectivity index (χ4n) is 3.42. The van der Waals surface area contributed by atoms with Crippen molar-refractivity contribution in [2.24, 2.45) is 11.8 Å². The molecule has 0 bridgehead atoms. The molecule has 0 aromatic carbocycles. The van der Waals surface area contributed by atoms with E-state index in [9.17, 15) is 9.90 Å². The maximum atomic E-state index is 11.0. The van der Waals surface area contributed by atoms with Gasteiger partial charge in [-0.15, -0.1) is 0 Å². The summed E-state index contributed by atoms with van der Waals surface area (Å²) in [6.07, 6.45) is 2.21. The van der Waals surface area contributed by atoms with E-state index < -0.39 is 12.2 Å². The molecule has 1 saturated heterocycles. The molecule has 1 fully saturated rings. The van der Waals surface area contributed by atoms with Gasteiger partial charge in [0.2, 0.25) is 0 Å². The van der Waals surface area contributed by atoms with Gasteiger partial charge >= 0.3 is 6.09 Å². The number of aliphatic hydroxyl groups excluding tert-OH is 1. The topological polar surface area (TPSA) is 86.6 Å². The first-order valence-electron chi connectivity index (χ1n) is 7.64. The summed E-state index contributed by atoms with van der Waals surface area (Å²) in [7, 11) is 0. The van der Waals surface area contributed by atoms with E-state index in [1.165, 1.54) is 4.90 Å². The number of nitrogens with zero attached hydrogens (tertiary/aromatic N) is 3. The number of aryl methyl sites for hydroxylation is 1. The van der Waals surface area contributed by atoms with Crippen LogP contribution in [0.25, 0.3) is 5.57 Å². The van der Waals surface area contributed by atoms with Crippen LogP contribution in [0.3, 0.4) is 0 Å². The number of carbonyl (C=O) groups is 1. The Morgan fingerprint density at radius 3 is 2.86 bits per heavy atom. The minimum absolute atomic E-state index is 0.274. The zero-order valence-corrected chi connectivity index (χ0v) is 12.9. The van der Waals surface area contributed by atoms with E-state index in [1.807, 2.05) is 13.0 Å². The number of carboxylic acid groups (broad SMARTS) is 1. The van der Waals surface area contributed by atoms with Crippen molar-refractivity contribution < 1.29 is 15.0 Å². The van der Waals surface area contributed by atoms with Gasteiger partial charge in [-0.05, 0) is 37.8 Å². The molecule has 22 heavy (non-hydrogen) atoms. The number of hydrogen-bond donors (Lipinski definition) is 2. The summed E-state index contributed by atoms with van der Waals surface area (Å²) in [5, 5.41) is 18.6. The van der Waals surface area contributed by atoms with Crippen molar-refractivity contribution in [3.8, 4) is 0 Å². The summed E-state index contributed by atoms with van der Waals surface area (Å²) in [5.74, 6) is 1.35. The van der Waals surface area contributed by atoms with E-state index in [4.69, 9.17) is 5.11 Å². The molecule has 1 aromatic heterocycles. The van der Waals surface area contributed by atoms with Crippen LogP contribution in [0, 0.1) is 18.8 Å². The number of hydrogen-bond acceptors (Lipinski definition) is 4. The highest BCUT2D eigenvalue weighted by Gasteiger charge is 2.39. The Kier molecular flexibility index (Phi) is 3.87. The van der Waals surface area contributed by atoms with E-state index >= 15 is 0 Å². The highest BCUT2D eigenvalue weighted by molar-refractivity contribution is 5.68. The van der Waals surface area contributed by atoms with Gasteiger partial charge in [-0.2, -0.15) is 0 Å². The Bertz CT molecular complexity index is 627. The van der Waals surface area contributed by atoms with Crippen LogP contribution in [0.15, 0.2) is 12.1 Å². The van der Waals surface area contributed by atoms with Gasteiger partial charge in [-0.25, -0.2) is 14.8 Å². The summed E-state index contributed by atoms with van der Waals surface area (Å²) in [5.41, 5.74) is 2.85. The van der Waals surface area contributed by atoms with E-state index in [-0.39, 0.29) is 5.92 Å². The number of rotatable bonds is 3. The average Bonchev–Trinajstić information content (AvgIpc) is 2.94. The van der Waals surface area contributed by atoms with Gasteiger partial charge < -0.3 is 15.1 Å². The minimum Gasteiger partial charge on any atom is -0.465 e. The van der Waals surface area contributed by atoms with Crippen LogP contribution in [0.2, 0.25) is 0 Å². The lowest BCUT2D eigenvalue weighted by molar-refractivity contribution is 0.153. The first kappa shape index (κ1) is 15.0. The van der Waals surface area contributed by atoms with Crippen molar-refractivity contribution in [2.45, 2.75) is 32.8 Å². The van der Waals surface area contributed by atoms with E-state index in [0.29, 0.717) is 25.4 Å². The second-order valence-corrected chi connectivity index (χ2v) is 6.38. The molecule has 1 aliphatic heterocycles. The van der Waals surface area contributed by atoms with E-state index in [1.54, 1.807) is 6.92 Å². The third-order valence-electron chi connectivity index (χ3n) is 4.36. The fraction of sp³-hybridized carbons (Fsp3) is 0.562. The highest BCUT2D eigenvalue weighted by atomic mass is 16.4. The summed E-state index contributed by atoms with van der Waals surface area (Å²) in [6.45, 7) is 4.83. The molecule has 118 valence electrons. The van der Waals surface area contributed by atoms with Crippen LogP contribution < -0.4 is 0 Å². The van der Waals surface area contributed by atoms with Gasteiger partial charge in [0.25, 0.3) is 0 Å². The molecule has 2 N–H and O–H groups in total. The Balaban J connectivity index is 1.80. The van der Waals surface area contributed by atoms with Crippen LogP contribution >= 0.6 is 0 Å². The third kappa shape index (κ3) is 2.97. The minimum atomic E-state index is -0.838. The van der Waals surface area contributed by atoms with Crippen LogP contribution in [0.1, 0.15) is 30.6 Å². The number of fused-ring (bicyclic) bond motifs is 1. The second-order valence-electron chi connectivity index (χ2n) is 6.38. The van der Waals surface area contributed by atoms with Gasteiger partial charge in [0.1, 0.15) is 0 Å². The monoisotopic (exact) mass is 303 g/mol. The molecule has 1 amide bonds. The first-order valence-corrected chi connectivity index (χ1v) is 7.64. The van der Waals surface area contributed by atoms with Crippen molar-refractivity contribution in [3.05, 3.63) is 29.4 Å². The molecule has 1 aromatic rings. The molecule has 6 nitrogen and oxygen atoms in total. The second kappa shape index (κ2) is 5.68. The molecular weight excluding hydrogens is 282 g/mol. The van der Waals surface area contributed by atoms with Crippen LogP contribution in [0.5, 0.6) is 0 Å². The summed E-state index contributed by atoms with van der Waals surface area (Å²) < 4.78 is 0. The van der Waals surface area contributed by atoms with Crippen molar-refractivity contribution >= 4 is 11.7 Å². The Morgan fingerprint density at radius 1 is 1.45 bits per heavy atom. The first-order chi connectivity index (χ1) is 10.4. The van der Waals surface area contributed by atoms with Gasteiger partial charge in [0.05, 0.1) is 6.10 Å². The largest absolute Gasteiger partial charge is 0.465 e. The molecular formula is C16H21N3O3. The molecule has 1 aliphatic carbocycles. The molecule has 3 atom stereocenters. The van der Waals surface area contributed by atoms with Crippen molar-refractivity contribution in [3.63, 3.8) is 0 Å². The molecule has 2 aliphatic rings. The quantitative estimate of drug-likeness (QED) is 0.888. The Morgan fingerprint density at radius 2 is 2.23 bits per heavy atom. The predicted molar refractivity (Wildman–Crippen MR) is 81.3 cm³/mol. The maximum absolute atomic E-state index is 11.0. The molecule has 6 heteroatoms. The van der Waals surface area contributed by atoms with Crippen LogP contribution in [-0.4, -0.2) is 50.4 Å². The Hall–Kier alpha value is -1.95. The number of amides is 1. The Labute approximate surface area is 129 Å². The smallest absolute Gasteiger partial charge is 0.407 e. The summed E-state index contributed by atoms with van der Waals surface area (Å²) >= 11 is 0. The predicted octanol–water partition coefficient (Wildman–Crippen LogP) is 1.72. The number of allylic oxidation sites excluding steroid dienone is 1. The SMILES string of the molecule is Cc1cc(CC(C)O)nc(C2=CC3CN(C(=O)O)CC3C2)n1. The van der Waals surface area contributed by atoms with Gasteiger partial charge in [-0.1, -0.05) is 6.08 Å². The number of aliphatic hydroxyl groups is 1. The standard InChI is InChI=1S/C16H21N3O3/c1-9-3-14(4-10(2)20)18-15(17-9)11-5-12-7-19(16(21)22)8-13(12)6-11/h3,5,10,12-13,20H,4,6-8H2,1-2H3,(H,21,22). The average molecular weight is 303 g/mol. The van der Waals surface area contributed by atoms with Crippen molar-refractivity contribution in [1.82, 2.24) is 14.9 Å². The molecule has 0 spiro atoms. The lowest BCUT2D eigenvalue weighted by Gasteiger charge is -2.13.